The first-order chi connectivity index (χ1) is 10.2. The molecule has 3 N–H and O–H groups in total. The Balaban J connectivity index is 2.21. The summed E-state index contributed by atoms with van der Waals surface area (Å²) in [7, 11) is -3.77. The maximum Gasteiger partial charge on any atom is 0.271 e. The highest BCUT2D eigenvalue weighted by atomic mass is 32.2. The number of aromatic nitrogens is 1. The molecular weight excluding hydrogens is 322 g/mol. The van der Waals surface area contributed by atoms with Crippen LogP contribution in [0.5, 0.6) is 0 Å². The van der Waals surface area contributed by atoms with E-state index in [4.69, 9.17) is 5.14 Å². The number of hydrogen-bond acceptors (Lipinski definition) is 5. The Bertz CT molecular complexity index is 812. The first kappa shape index (κ1) is 16.6. The van der Waals surface area contributed by atoms with Crippen molar-refractivity contribution in [2.75, 3.05) is 0 Å². The number of carbonyl (C=O) groups is 1. The molecule has 0 spiro atoms. The largest absolute Gasteiger partial charge is 0.344 e. The number of benzene rings is 1. The molecule has 2 rings (SSSR count). The number of amides is 1. The third-order valence-corrected chi connectivity index (χ3v) is 4.95. The van der Waals surface area contributed by atoms with Crippen molar-refractivity contribution in [3.05, 3.63) is 45.4 Å². The van der Waals surface area contributed by atoms with E-state index in [-0.39, 0.29) is 16.8 Å². The Kier molecular flexibility index (Phi) is 4.64. The van der Waals surface area contributed by atoms with Crippen LogP contribution in [-0.4, -0.2) is 19.3 Å². The van der Waals surface area contributed by atoms with Gasteiger partial charge < -0.3 is 5.32 Å². The van der Waals surface area contributed by atoms with Gasteiger partial charge in [-0.3, -0.25) is 4.79 Å². The van der Waals surface area contributed by atoms with Gasteiger partial charge in [-0.1, -0.05) is 12.1 Å². The fraction of sp³-hybridized carbons (Fsp3) is 0.286. The molecule has 8 heteroatoms. The van der Waals surface area contributed by atoms with Gasteiger partial charge in [-0.25, -0.2) is 18.5 Å². The van der Waals surface area contributed by atoms with Crippen molar-refractivity contribution in [3.8, 4) is 0 Å². The second-order valence-corrected chi connectivity index (χ2v) is 7.92. The number of nitrogens with two attached hydrogens (primary N) is 1. The lowest BCUT2D eigenvalue weighted by Crippen LogP contribution is -2.27. The molecule has 0 fully saturated rings. The summed E-state index contributed by atoms with van der Waals surface area (Å²) in [5, 5.41) is 8.76. The van der Waals surface area contributed by atoms with Crippen LogP contribution in [0.25, 0.3) is 0 Å². The lowest BCUT2D eigenvalue weighted by atomic mass is 10.1. The summed E-state index contributed by atoms with van der Waals surface area (Å²) < 4.78 is 22.8. The molecule has 0 unspecified atom stereocenters. The third-order valence-electron chi connectivity index (χ3n) is 3.15. The minimum atomic E-state index is -3.77. The molecule has 0 radical (unpaired) electrons. The highest BCUT2D eigenvalue weighted by Crippen LogP contribution is 2.20. The average Bonchev–Trinajstić information content (AvgIpc) is 2.77. The smallest absolute Gasteiger partial charge is 0.271 e. The van der Waals surface area contributed by atoms with Gasteiger partial charge in [0.05, 0.1) is 15.9 Å². The van der Waals surface area contributed by atoms with Gasteiger partial charge in [0.1, 0.15) is 5.69 Å². The lowest BCUT2D eigenvalue weighted by Gasteiger charge is -2.14. The number of primary sulfonamides is 1. The molecule has 0 aliphatic carbocycles. The summed E-state index contributed by atoms with van der Waals surface area (Å²) in [5.41, 5.74) is 1.06. The fourth-order valence-corrected chi connectivity index (χ4v) is 3.43. The van der Waals surface area contributed by atoms with Crippen LogP contribution in [0.3, 0.4) is 0 Å². The minimum Gasteiger partial charge on any atom is -0.344 e. The van der Waals surface area contributed by atoms with E-state index in [1.165, 1.54) is 23.5 Å². The zero-order valence-electron chi connectivity index (χ0n) is 12.5. The lowest BCUT2D eigenvalue weighted by molar-refractivity contribution is 0.0935. The van der Waals surface area contributed by atoms with Gasteiger partial charge in [0.2, 0.25) is 10.0 Å². The number of thiazole rings is 1. The molecule has 1 aromatic carbocycles. The maximum atomic E-state index is 12.2. The molecule has 0 bridgehead atoms. The second-order valence-electron chi connectivity index (χ2n) is 4.95. The van der Waals surface area contributed by atoms with Gasteiger partial charge in [0.25, 0.3) is 5.91 Å². The molecule has 1 aromatic heterocycles. The van der Waals surface area contributed by atoms with Crippen LogP contribution >= 0.6 is 11.3 Å². The van der Waals surface area contributed by atoms with E-state index in [9.17, 15) is 13.2 Å². The summed E-state index contributed by atoms with van der Waals surface area (Å²) in [6.45, 7) is 5.45. The number of carbonyl (C=O) groups excluding carboxylic acids is 1. The molecule has 0 saturated carbocycles. The van der Waals surface area contributed by atoms with E-state index in [1.54, 1.807) is 19.1 Å². The Hall–Kier alpha value is -1.77. The van der Waals surface area contributed by atoms with Gasteiger partial charge in [0.15, 0.2) is 0 Å². The summed E-state index contributed by atoms with van der Waals surface area (Å²) in [4.78, 5) is 17.3. The quantitative estimate of drug-likeness (QED) is 0.888. The van der Waals surface area contributed by atoms with Gasteiger partial charge in [-0.15, -0.1) is 11.3 Å². The van der Waals surface area contributed by atoms with Crippen LogP contribution in [0.1, 0.15) is 38.9 Å². The molecular formula is C14H17N3O3S2. The Morgan fingerprint density at radius 1 is 1.36 bits per heavy atom. The first-order valence-corrected chi connectivity index (χ1v) is 8.92. The third kappa shape index (κ3) is 3.70. The standard InChI is InChI=1S/C14H17N3O3S2/c1-8(11-5-4-6-12(7-11)22(15,19)20)16-14(18)13-9(2)21-10(3)17-13/h4-8H,1-3H3,(H,16,18)(H2,15,19,20)/t8-/m1/s1. The van der Waals surface area contributed by atoms with Crippen molar-refractivity contribution in [1.82, 2.24) is 10.3 Å². The molecule has 1 atom stereocenters. The number of aryl methyl sites for hydroxylation is 2. The highest BCUT2D eigenvalue weighted by Gasteiger charge is 2.18. The molecule has 6 nitrogen and oxygen atoms in total. The highest BCUT2D eigenvalue weighted by molar-refractivity contribution is 7.89. The zero-order valence-corrected chi connectivity index (χ0v) is 14.1. The number of nitrogens with zero attached hydrogens (tertiary/aromatic N) is 1. The fourth-order valence-electron chi connectivity index (χ4n) is 2.05. The molecule has 0 aliphatic rings. The first-order valence-electron chi connectivity index (χ1n) is 6.56. The second kappa shape index (κ2) is 6.15. The van der Waals surface area contributed by atoms with Crippen LogP contribution in [0, 0.1) is 13.8 Å². The maximum absolute atomic E-state index is 12.2. The Labute approximate surface area is 133 Å². The topological polar surface area (TPSA) is 102 Å². The van der Waals surface area contributed by atoms with Crippen molar-refractivity contribution in [3.63, 3.8) is 0 Å². The monoisotopic (exact) mass is 339 g/mol. The summed E-state index contributed by atoms with van der Waals surface area (Å²) in [6, 6.07) is 5.84. The SMILES string of the molecule is Cc1nc(C(=O)N[C@H](C)c2cccc(S(N)(=O)=O)c2)c(C)s1. The van der Waals surface area contributed by atoms with Crippen LogP contribution in [-0.2, 0) is 10.0 Å². The molecule has 0 aliphatic heterocycles. The average molecular weight is 339 g/mol. The number of rotatable bonds is 4. The van der Waals surface area contributed by atoms with Crippen molar-refractivity contribution in [2.24, 2.45) is 5.14 Å². The van der Waals surface area contributed by atoms with E-state index in [1.807, 2.05) is 13.8 Å². The normalized spacial score (nSPS) is 12.9. The van der Waals surface area contributed by atoms with Crippen LogP contribution in [0.15, 0.2) is 29.2 Å². The molecule has 0 saturated heterocycles. The molecule has 2 aromatic rings. The van der Waals surface area contributed by atoms with Crippen molar-refractivity contribution in [1.29, 1.82) is 0 Å². The van der Waals surface area contributed by atoms with E-state index >= 15 is 0 Å². The summed E-state index contributed by atoms with van der Waals surface area (Å²) >= 11 is 1.46. The van der Waals surface area contributed by atoms with Gasteiger partial charge in [-0.05, 0) is 38.5 Å². The van der Waals surface area contributed by atoms with E-state index in [0.29, 0.717) is 11.3 Å². The van der Waals surface area contributed by atoms with Crippen molar-refractivity contribution < 1.29 is 13.2 Å². The Morgan fingerprint density at radius 2 is 2.05 bits per heavy atom. The Morgan fingerprint density at radius 3 is 2.59 bits per heavy atom. The molecule has 22 heavy (non-hydrogen) atoms. The number of sulfonamides is 1. The molecule has 1 heterocycles. The van der Waals surface area contributed by atoms with Crippen LogP contribution < -0.4 is 10.5 Å². The van der Waals surface area contributed by atoms with E-state index < -0.39 is 10.0 Å². The van der Waals surface area contributed by atoms with E-state index in [0.717, 1.165) is 9.88 Å². The van der Waals surface area contributed by atoms with Crippen LogP contribution in [0.4, 0.5) is 0 Å². The molecule has 118 valence electrons. The van der Waals surface area contributed by atoms with Crippen molar-refractivity contribution >= 4 is 27.3 Å². The zero-order chi connectivity index (χ0) is 16.5. The summed E-state index contributed by atoms with van der Waals surface area (Å²) in [5.74, 6) is -0.282. The van der Waals surface area contributed by atoms with Gasteiger partial charge in [-0.2, -0.15) is 0 Å². The van der Waals surface area contributed by atoms with E-state index in [2.05, 4.69) is 10.3 Å². The van der Waals surface area contributed by atoms with Crippen molar-refractivity contribution in [2.45, 2.75) is 31.7 Å². The van der Waals surface area contributed by atoms with Gasteiger partial charge in [0, 0.05) is 4.88 Å². The minimum absolute atomic E-state index is 0.0202. The number of hydrogen-bond donors (Lipinski definition) is 2. The predicted octanol–water partition coefficient (Wildman–Crippen LogP) is 1.90. The van der Waals surface area contributed by atoms with Crippen LogP contribution in [0.2, 0.25) is 0 Å². The number of nitrogens with one attached hydrogen (secondary N) is 1. The predicted molar refractivity (Wildman–Crippen MR) is 85.3 cm³/mol. The van der Waals surface area contributed by atoms with Gasteiger partial charge >= 0.3 is 0 Å². The summed E-state index contributed by atoms with van der Waals surface area (Å²) in [6.07, 6.45) is 0. The molecule has 1 amide bonds.